The predicted octanol–water partition coefficient (Wildman–Crippen LogP) is 1.53. The number of aliphatic carboxylic acids is 1. The highest BCUT2D eigenvalue weighted by Gasteiger charge is 2.44. The number of carbonyl (C=O) groups is 3. The molecule has 2 unspecified atom stereocenters. The van der Waals surface area contributed by atoms with Crippen LogP contribution in [0.2, 0.25) is 0 Å². The second-order valence-corrected chi connectivity index (χ2v) is 4.79. The number of anilines is 1. The molecule has 0 bridgehead atoms. The quantitative estimate of drug-likeness (QED) is 0.876. The first-order valence-corrected chi connectivity index (χ1v) is 6.39. The lowest BCUT2D eigenvalue weighted by atomic mass is 9.93. The number of imide groups is 1. The van der Waals surface area contributed by atoms with Gasteiger partial charge in [-0.2, -0.15) is 0 Å². The van der Waals surface area contributed by atoms with Gasteiger partial charge in [-0.05, 0) is 25.5 Å². The van der Waals surface area contributed by atoms with Gasteiger partial charge in [0, 0.05) is 0 Å². The fourth-order valence-corrected chi connectivity index (χ4v) is 2.29. The first-order chi connectivity index (χ1) is 9.45. The molecule has 6 heteroatoms. The Balaban J connectivity index is 2.36. The molecular formula is C14H16N2O4. The number of rotatable bonds is 3. The van der Waals surface area contributed by atoms with E-state index < -0.39 is 29.9 Å². The van der Waals surface area contributed by atoms with Crippen molar-refractivity contribution in [2.45, 2.75) is 26.3 Å². The number of aryl methyl sites for hydroxylation is 1. The molecule has 1 aromatic rings. The highest BCUT2D eigenvalue weighted by atomic mass is 16.4. The highest BCUT2D eigenvalue weighted by molar-refractivity contribution is 6.18. The maximum atomic E-state index is 12.4. The molecular weight excluding hydrogens is 260 g/mol. The first kappa shape index (κ1) is 14.0. The van der Waals surface area contributed by atoms with Crippen molar-refractivity contribution in [2.75, 3.05) is 4.90 Å². The van der Waals surface area contributed by atoms with Gasteiger partial charge in [-0.25, -0.2) is 14.5 Å². The highest BCUT2D eigenvalue weighted by Crippen LogP contribution is 2.25. The van der Waals surface area contributed by atoms with Crippen molar-refractivity contribution in [1.82, 2.24) is 5.32 Å². The summed E-state index contributed by atoms with van der Waals surface area (Å²) in [7, 11) is 0. The normalized spacial score (nSPS) is 22.6. The van der Waals surface area contributed by atoms with Crippen LogP contribution in [-0.4, -0.2) is 29.1 Å². The summed E-state index contributed by atoms with van der Waals surface area (Å²) in [6, 6.07) is 5.05. The van der Waals surface area contributed by atoms with E-state index in [4.69, 9.17) is 5.11 Å². The largest absolute Gasteiger partial charge is 0.480 e. The number of nitrogens with one attached hydrogen (secondary N) is 1. The summed E-state index contributed by atoms with van der Waals surface area (Å²) < 4.78 is 0. The molecule has 2 atom stereocenters. The number of urea groups is 1. The molecule has 2 rings (SSSR count). The Labute approximate surface area is 116 Å². The van der Waals surface area contributed by atoms with Crippen LogP contribution in [0.1, 0.15) is 18.9 Å². The minimum Gasteiger partial charge on any atom is -0.480 e. The Morgan fingerprint density at radius 1 is 1.30 bits per heavy atom. The van der Waals surface area contributed by atoms with Crippen LogP contribution in [-0.2, 0) is 9.59 Å². The SMILES string of the molecule is CCC1C(=O)N(c2ccc(C)cc2)C(=O)NC1C(=O)O. The molecule has 1 aliphatic rings. The van der Waals surface area contributed by atoms with E-state index >= 15 is 0 Å². The van der Waals surface area contributed by atoms with Crippen LogP contribution in [0.5, 0.6) is 0 Å². The Hall–Kier alpha value is -2.37. The van der Waals surface area contributed by atoms with Crippen molar-refractivity contribution >= 4 is 23.6 Å². The van der Waals surface area contributed by atoms with Gasteiger partial charge >= 0.3 is 12.0 Å². The molecule has 0 aromatic heterocycles. The third-order valence-electron chi connectivity index (χ3n) is 3.42. The summed E-state index contributed by atoms with van der Waals surface area (Å²) in [6.45, 7) is 3.63. The van der Waals surface area contributed by atoms with E-state index in [9.17, 15) is 14.4 Å². The Morgan fingerprint density at radius 2 is 1.90 bits per heavy atom. The van der Waals surface area contributed by atoms with E-state index in [1.807, 2.05) is 6.92 Å². The van der Waals surface area contributed by atoms with E-state index in [1.165, 1.54) is 0 Å². The topological polar surface area (TPSA) is 86.7 Å². The van der Waals surface area contributed by atoms with Crippen LogP contribution >= 0.6 is 0 Å². The zero-order valence-electron chi connectivity index (χ0n) is 11.3. The zero-order chi connectivity index (χ0) is 14.9. The first-order valence-electron chi connectivity index (χ1n) is 6.39. The summed E-state index contributed by atoms with van der Waals surface area (Å²) in [4.78, 5) is 36.5. The number of carbonyl (C=O) groups excluding carboxylic acids is 2. The lowest BCUT2D eigenvalue weighted by Crippen LogP contribution is -2.62. The van der Waals surface area contributed by atoms with Crippen molar-refractivity contribution in [3.8, 4) is 0 Å². The van der Waals surface area contributed by atoms with Gasteiger partial charge in [0.15, 0.2) is 0 Å². The molecule has 0 spiro atoms. The number of nitrogens with zero attached hydrogens (tertiary/aromatic N) is 1. The van der Waals surface area contributed by atoms with Crippen molar-refractivity contribution < 1.29 is 19.5 Å². The monoisotopic (exact) mass is 276 g/mol. The Morgan fingerprint density at radius 3 is 2.40 bits per heavy atom. The number of carboxylic acid groups (broad SMARTS) is 1. The van der Waals surface area contributed by atoms with Crippen LogP contribution in [0.3, 0.4) is 0 Å². The summed E-state index contributed by atoms with van der Waals surface area (Å²) in [5.74, 6) is -2.43. The number of hydrogen-bond donors (Lipinski definition) is 2. The van der Waals surface area contributed by atoms with Crippen molar-refractivity contribution in [2.24, 2.45) is 5.92 Å². The lowest BCUT2D eigenvalue weighted by Gasteiger charge is -2.35. The summed E-state index contributed by atoms with van der Waals surface area (Å²) in [6.07, 6.45) is 0.346. The minimum atomic E-state index is -1.19. The standard InChI is InChI=1S/C14H16N2O4/c1-3-10-11(13(18)19)15-14(20)16(12(10)17)9-6-4-8(2)5-7-9/h4-7,10-11H,3H2,1-2H3,(H,15,20)(H,18,19). The summed E-state index contributed by atoms with van der Waals surface area (Å²) in [5.41, 5.74) is 1.45. The van der Waals surface area contributed by atoms with Crippen LogP contribution in [0.4, 0.5) is 10.5 Å². The van der Waals surface area contributed by atoms with Gasteiger partial charge in [0.1, 0.15) is 6.04 Å². The molecule has 1 fully saturated rings. The molecule has 1 heterocycles. The molecule has 0 aliphatic carbocycles. The maximum Gasteiger partial charge on any atom is 0.329 e. The molecule has 1 aromatic carbocycles. The Kier molecular flexibility index (Phi) is 3.74. The van der Waals surface area contributed by atoms with E-state index in [2.05, 4.69) is 5.32 Å². The second kappa shape index (κ2) is 5.32. The molecule has 6 nitrogen and oxygen atoms in total. The third-order valence-corrected chi connectivity index (χ3v) is 3.42. The van der Waals surface area contributed by atoms with E-state index in [0.717, 1.165) is 10.5 Å². The summed E-state index contributed by atoms with van der Waals surface area (Å²) in [5, 5.41) is 11.5. The van der Waals surface area contributed by atoms with Crippen LogP contribution in [0, 0.1) is 12.8 Å². The maximum absolute atomic E-state index is 12.4. The zero-order valence-corrected chi connectivity index (χ0v) is 11.3. The van der Waals surface area contributed by atoms with Crippen LogP contribution < -0.4 is 10.2 Å². The number of carboxylic acids is 1. The molecule has 2 N–H and O–H groups in total. The molecule has 106 valence electrons. The second-order valence-electron chi connectivity index (χ2n) is 4.79. The fraction of sp³-hybridized carbons (Fsp3) is 0.357. The van der Waals surface area contributed by atoms with Crippen molar-refractivity contribution in [3.05, 3.63) is 29.8 Å². The van der Waals surface area contributed by atoms with E-state index in [1.54, 1.807) is 31.2 Å². The average molecular weight is 276 g/mol. The van der Waals surface area contributed by atoms with E-state index in [0.29, 0.717) is 12.1 Å². The van der Waals surface area contributed by atoms with E-state index in [-0.39, 0.29) is 0 Å². The molecule has 20 heavy (non-hydrogen) atoms. The van der Waals surface area contributed by atoms with Crippen molar-refractivity contribution in [1.29, 1.82) is 0 Å². The molecule has 3 amide bonds. The number of amides is 3. The number of benzene rings is 1. The van der Waals surface area contributed by atoms with Crippen LogP contribution in [0.25, 0.3) is 0 Å². The van der Waals surface area contributed by atoms with Gasteiger partial charge in [-0.1, -0.05) is 24.6 Å². The molecule has 0 saturated carbocycles. The molecule has 1 saturated heterocycles. The van der Waals surface area contributed by atoms with Crippen molar-refractivity contribution in [3.63, 3.8) is 0 Å². The van der Waals surface area contributed by atoms with Gasteiger partial charge in [-0.3, -0.25) is 4.79 Å². The van der Waals surface area contributed by atoms with Gasteiger partial charge < -0.3 is 10.4 Å². The Bertz CT molecular complexity index is 553. The smallest absolute Gasteiger partial charge is 0.329 e. The fourth-order valence-electron chi connectivity index (χ4n) is 2.29. The van der Waals surface area contributed by atoms with Gasteiger partial charge in [0.2, 0.25) is 5.91 Å². The third kappa shape index (κ3) is 2.36. The number of hydrogen-bond acceptors (Lipinski definition) is 3. The molecule has 0 radical (unpaired) electrons. The van der Waals surface area contributed by atoms with Gasteiger partial charge in [0.25, 0.3) is 0 Å². The lowest BCUT2D eigenvalue weighted by molar-refractivity contribution is -0.144. The van der Waals surface area contributed by atoms with Crippen LogP contribution in [0.15, 0.2) is 24.3 Å². The molecule has 1 aliphatic heterocycles. The van der Waals surface area contributed by atoms with Gasteiger partial charge in [-0.15, -0.1) is 0 Å². The summed E-state index contributed by atoms with van der Waals surface area (Å²) >= 11 is 0. The van der Waals surface area contributed by atoms with Gasteiger partial charge in [0.05, 0.1) is 11.6 Å². The average Bonchev–Trinajstić information content (AvgIpc) is 2.40. The minimum absolute atomic E-state index is 0.346. The predicted molar refractivity (Wildman–Crippen MR) is 72.4 cm³/mol.